The summed E-state index contributed by atoms with van der Waals surface area (Å²) in [4.78, 5) is 28.3. The van der Waals surface area contributed by atoms with Crippen molar-refractivity contribution in [3.8, 4) is 0 Å². The highest BCUT2D eigenvalue weighted by Gasteiger charge is 2.39. The fourth-order valence-electron chi connectivity index (χ4n) is 3.28. The van der Waals surface area contributed by atoms with Gasteiger partial charge in [-0.05, 0) is 60.2 Å². The summed E-state index contributed by atoms with van der Waals surface area (Å²) in [5.41, 5.74) is 4.22. The minimum Gasteiger partial charge on any atom is -0.350 e. The van der Waals surface area contributed by atoms with Gasteiger partial charge in [-0.15, -0.1) is 11.3 Å². The average molecular weight is 406 g/mol. The molecule has 0 aliphatic carbocycles. The number of thiophene rings is 1. The van der Waals surface area contributed by atoms with Crippen LogP contribution >= 0.6 is 11.3 Å². The van der Waals surface area contributed by atoms with E-state index in [2.05, 4.69) is 5.32 Å². The third kappa shape index (κ3) is 3.59. The molecule has 1 N–H and O–H groups in total. The van der Waals surface area contributed by atoms with Crippen LogP contribution in [0.4, 0.5) is 10.1 Å². The Morgan fingerprint density at radius 1 is 0.966 bits per heavy atom. The number of amides is 2. The lowest BCUT2D eigenvalue weighted by atomic mass is 10.1. The van der Waals surface area contributed by atoms with E-state index >= 15 is 0 Å². The van der Waals surface area contributed by atoms with Crippen molar-refractivity contribution in [1.82, 2.24) is 4.90 Å². The van der Waals surface area contributed by atoms with E-state index < -0.39 is 0 Å². The molecule has 2 aromatic carbocycles. The normalized spacial score (nSPS) is 14.1. The number of hydrogen-bond acceptors (Lipinski definition) is 4. The first-order valence-corrected chi connectivity index (χ1v) is 10.1. The molecule has 146 valence electrons. The molecule has 1 aliphatic heterocycles. The molecule has 0 radical (unpaired) electrons. The predicted molar refractivity (Wildman–Crippen MR) is 113 cm³/mol. The van der Waals surface area contributed by atoms with E-state index in [1.54, 1.807) is 12.1 Å². The maximum absolute atomic E-state index is 13.2. The van der Waals surface area contributed by atoms with Gasteiger partial charge >= 0.3 is 0 Å². The number of benzene rings is 2. The zero-order valence-electron chi connectivity index (χ0n) is 16.0. The van der Waals surface area contributed by atoms with Crippen LogP contribution in [0.15, 0.2) is 65.7 Å². The number of carbonyl (C=O) groups is 2. The number of imide groups is 1. The Bertz CT molecular complexity index is 1120. The first kappa shape index (κ1) is 19.1. The highest BCUT2D eigenvalue weighted by atomic mass is 32.1. The van der Waals surface area contributed by atoms with Gasteiger partial charge < -0.3 is 5.32 Å². The van der Waals surface area contributed by atoms with E-state index in [1.165, 1.54) is 28.4 Å². The summed E-state index contributed by atoms with van der Waals surface area (Å²) >= 11 is 1.41. The van der Waals surface area contributed by atoms with Gasteiger partial charge in [-0.3, -0.25) is 14.5 Å². The summed E-state index contributed by atoms with van der Waals surface area (Å²) in [5, 5.41) is 5.08. The highest BCUT2D eigenvalue weighted by molar-refractivity contribution is 7.11. The number of hydrogen-bond donors (Lipinski definition) is 1. The molecule has 4 rings (SSSR count). The van der Waals surface area contributed by atoms with Crippen LogP contribution in [0.25, 0.3) is 5.57 Å². The molecule has 1 aliphatic rings. The van der Waals surface area contributed by atoms with Crippen molar-refractivity contribution in [3.63, 3.8) is 0 Å². The van der Waals surface area contributed by atoms with Crippen molar-refractivity contribution < 1.29 is 14.0 Å². The van der Waals surface area contributed by atoms with Gasteiger partial charge in [-0.1, -0.05) is 30.3 Å². The summed E-state index contributed by atoms with van der Waals surface area (Å²) in [7, 11) is 0. The van der Waals surface area contributed by atoms with Crippen LogP contribution < -0.4 is 5.32 Å². The number of rotatable bonds is 5. The van der Waals surface area contributed by atoms with Gasteiger partial charge in [-0.25, -0.2) is 4.39 Å². The number of carbonyl (C=O) groups excluding carboxylic acids is 2. The lowest BCUT2D eigenvalue weighted by Crippen LogP contribution is -2.32. The Labute approximate surface area is 172 Å². The minimum atomic E-state index is -0.386. The smallest absolute Gasteiger partial charge is 0.278 e. The molecule has 1 aromatic heterocycles. The molecule has 0 spiro atoms. The van der Waals surface area contributed by atoms with Crippen molar-refractivity contribution in [2.45, 2.75) is 20.4 Å². The van der Waals surface area contributed by atoms with Crippen LogP contribution in [0.3, 0.4) is 0 Å². The molecule has 0 saturated heterocycles. The molecular weight excluding hydrogens is 387 g/mol. The third-order valence-corrected chi connectivity index (χ3v) is 5.94. The summed E-state index contributed by atoms with van der Waals surface area (Å²) in [6.07, 6.45) is 0. The van der Waals surface area contributed by atoms with Crippen LogP contribution in [0.5, 0.6) is 0 Å². The van der Waals surface area contributed by atoms with Crippen LogP contribution in [0.2, 0.25) is 0 Å². The molecule has 0 saturated carbocycles. The molecule has 6 heteroatoms. The van der Waals surface area contributed by atoms with Gasteiger partial charge in [-0.2, -0.15) is 0 Å². The maximum atomic E-state index is 13.2. The fourth-order valence-corrected chi connectivity index (χ4v) is 4.05. The Balaban J connectivity index is 1.72. The van der Waals surface area contributed by atoms with Crippen LogP contribution in [-0.4, -0.2) is 16.7 Å². The largest absolute Gasteiger partial charge is 0.350 e. The van der Waals surface area contributed by atoms with Crippen molar-refractivity contribution in [3.05, 3.63) is 93.1 Å². The minimum absolute atomic E-state index is 0.0881. The lowest BCUT2D eigenvalue weighted by Gasteiger charge is -2.16. The predicted octanol–water partition coefficient (Wildman–Crippen LogP) is 4.90. The standard InChI is InChI=1S/C23H19FN2O2S/c1-14-5-3-6-18(15(14)2)25-21-20(19-7-4-12-29-19)22(27)26(23(21)28)13-16-8-10-17(24)11-9-16/h3-12,25H,13H2,1-2H3. The van der Waals surface area contributed by atoms with E-state index in [0.717, 1.165) is 21.7 Å². The topological polar surface area (TPSA) is 49.4 Å². The highest BCUT2D eigenvalue weighted by Crippen LogP contribution is 2.34. The Kier molecular flexibility index (Phi) is 5.03. The van der Waals surface area contributed by atoms with E-state index in [0.29, 0.717) is 11.1 Å². The average Bonchev–Trinajstić information content (AvgIpc) is 3.30. The van der Waals surface area contributed by atoms with Gasteiger partial charge in [0.2, 0.25) is 0 Å². The molecule has 0 fully saturated rings. The van der Waals surface area contributed by atoms with Gasteiger partial charge in [0.25, 0.3) is 11.8 Å². The second-order valence-corrected chi connectivity index (χ2v) is 7.87. The Morgan fingerprint density at radius 2 is 1.72 bits per heavy atom. The molecule has 0 bridgehead atoms. The molecule has 4 nitrogen and oxygen atoms in total. The van der Waals surface area contributed by atoms with Crippen molar-refractivity contribution in [1.29, 1.82) is 0 Å². The molecule has 2 amide bonds. The Hall–Kier alpha value is -3.25. The SMILES string of the molecule is Cc1cccc(NC2=C(c3cccs3)C(=O)N(Cc3ccc(F)cc3)C2=O)c1C. The Morgan fingerprint density at radius 3 is 2.41 bits per heavy atom. The zero-order chi connectivity index (χ0) is 20.5. The molecule has 3 aromatic rings. The molecule has 29 heavy (non-hydrogen) atoms. The first-order chi connectivity index (χ1) is 14.0. The van der Waals surface area contributed by atoms with Crippen molar-refractivity contribution in [2.24, 2.45) is 0 Å². The van der Waals surface area contributed by atoms with Gasteiger partial charge in [0.15, 0.2) is 0 Å². The van der Waals surface area contributed by atoms with Crippen molar-refractivity contribution >= 4 is 34.4 Å². The quantitative estimate of drug-likeness (QED) is 0.614. The van der Waals surface area contributed by atoms with Gasteiger partial charge in [0, 0.05) is 10.6 Å². The molecule has 0 unspecified atom stereocenters. The monoisotopic (exact) mass is 406 g/mol. The van der Waals surface area contributed by atoms with Crippen LogP contribution in [-0.2, 0) is 16.1 Å². The summed E-state index contributed by atoms with van der Waals surface area (Å²) < 4.78 is 13.2. The number of nitrogens with one attached hydrogen (secondary N) is 1. The van der Waals surface area contributed by atoms with Crippen LogP contribution in [0, 0.1) is 19.7 Å². The summed E-state index contributed by atoms with van der Waals surface area (Å²) in [6, 6.07) is 15.3. The summed E-state index contributed by atoms with van der Waals surface area (Å²) in [6.45, 7) is 4.06. The van der Waals surface area contributed by atoms with Crippen LogP contribution in [0.1, 0.15) is 21.6 Å². The zero-order valence-corrected chi connectivity index (χ0v) is 16.8. The second kappa shape index (κ2) is 7.64. The maximum Gasteiger partial charge on any atom is 0.278 e. The van der Waals surface area contributed by atoms with Gasteiger partial charge in [0.1, 0.15) is 11.5 Å². The second-order valence-electron chi connectivity index (χ2n) is 6.92. The van der Waals surface area contributed by atoms with E-state index in [9.17, 15) is 14.0 Å². The van der Waals surface area contributed by atoms with E-state index in [-0.39, 0.29) is 29.9 Å². The van der Waals surface area contributed by atoms with E-state index in [1.807, 2.05) is 49.6 Å². The first-order valence-electron chi connectivity index (χ1n) is 9.17. The number of nitrogens with zero attached hydrogens (tertiary/aromatic N) is 1. The number of anilines is 1. The molecular formula is C23H19FN2O2S. The number of halogens is 1. The lowest BCUT2D eigenvalue weighted by molar-refractivity contribution is -0.137. The third-order valence-electron chi connectivity index (χ3n) is 5.05. The van der Waals surface area contributed by atoms with E-state index in [4.69, 9.17) is 0 Å². The van der Waals surface area contributed by atoms with Crippen molar-refractivity contribution in [2.75, 3.05) is 5.32 Å². The fraction of sp³-hybridized carbons (Fsp3) is 0.130. The summed E-state index contributed by atoms with van der Waals surface area (Å²) in [5.74, 6) is -1.10. The molecule has 0 atom stereocenters. The van der Waals surface area contributed by atoms with Gasteiger partial charge in [0.05, 0.1) is 12.1 Å². The molecule has 2 heterocycles. The number of aryl methyl sites for hydroxylation is 1.